The minimum Gasteiger partial charge on any atom is -0.489 e. The molecule has 0 fully saturated rings. The van der Waals surface area contributed by atoms with E-state index in [2.05, 4.69) is 11.4 Å². The number of benzene rings is 2. The van der Waals surface area contributed by atoms with E-state index in [4.69, 9.17) is 4.74 Å². The van der Waals surface area contributed by atoms with E-state index < -0.39 is 5.92 Å². The molecule has 0 aromatic heterocycles. The van der Waals surface area contributed by atoms with E-state index in [1.807, 2.05) is 56.3 Å². The normalized spacial score (nSPS) is 11.6. The number of rotatable bonds is 7. The predicted molar refractivity (Wildman–Crippen MR) is 94.7 cm³/mol. The van der Waals surface area contributed by atoms with Gasteiger partial charge in [-0.15, -0.1) is 0 Å². The van der Waals surface area contributed by atoms with Crippen LogP contribution in [0.25, 0.3) is 0 Å². The van der Waals surface area contributed by atoms with Crippen LogP contribution in [-0.4, -0.2) is 12.0 Å². The van der Waals surface area contributed by atoms with Gasteiger partial charge in [-0.3, -0.25) is 4.79 Å². The zero-order valence-electron chi connectivity index (χ0n) is 14.0. The fourth-order valence-corrected chi connectivity index (χ4v) is 2.36. The summed E-state index contributed by atoms with van der Waals surface area (Å²) >= 11 is 0. The predicted octanol–water partition coefficient (Wildman–Crippen LogP) is 4.18. The molecule has 0 spiro atoms. The van der Waals surface area contributed by atoms with E-state index in [0.717, 1.165) is 5.56 Å². The number of amides is 1. The lowest BCUT2D eigenvalue weighted by atomic mass is 10.00. The van der Waals surface area contributed by atoms with Gasteiger partial charge in [-0.25, -0.2) is 0 Å². The molecule has 24 heavy (non-hydrogen) atoms. The molecule has 0 radical (unpaired) electrons. The van der Waals surface area contributed by atoms with Gasteiger partial charge in [-0.2, -0.15) is 5.26 Å². The third kappa shape index (κ3) is 5.13. The number of carbonyl (C=O) groups is 1. The molecule has 0 heterocycles. The number of carbonyl (C=O) groups excluding carboxylic acids is 1. The average Bonchev–Trinajstić information content (AvgIpc) is 2.58. The van der Waals surface area contributed by atoms with Gasteiger partial charge < -0.3 is 10.1 Å². The molecular formula is C20H22N2O2. The summed E-state index contributed by atoms with van der Waals surface area (Å²) in [7, 11) is 0. The Morgan fingerprint density at radius 3 is 2.46 bits per heavy atom. The van der Waals surface area contributed by atoms with Crippen LogP contribution in [0.1, 0.15) is 25.8 Å². The highest BCUT2D eigenvalue weighted by atomic mass is 16.5. The van der Waals surface area contributed by atoms with Crippen molar-refractivity contribution in [3.8, 4) is 11.8 Å². The highest BCUT2D eigenvalue weighted by molar-refractivity contribution is 5.95. The van der Waals surface area contributed by atoms with E-state index in [9.17, 15) is 10.1 Å². The van der Waals surface area contributed by atoms with Crippen LogP contribution in [0.4, 0.5) is 5.69 Å². The highest BCUT2D eigenvalue weighted by Gasteiger charge is 2.19. The summed E-state index contributed by atoms with van der Waals surface area (Å²) < 4.78 is 5.69. The monoisotopic (exact) mass is 322 g/mol. The number of aryl methyl sites for hydroxylation is 1. The maximum atomic E-state index is 12.4. The quantitative estimate of drug-likeness (QED) is 0.831. The molecule has 0 saturated carbocycles. The fraction of sp³-hybridized carbons (Fsp3) is 0.300. The summed E-state index contributed by atoms with van der Waals surface area (Å²) in [5, 5.41) is 12.1. The Bertz CT molecular complexity index is 705. The van der Waals surface area contributed by atoms with Crippen LogP contribution in [0.2, 0.25) is 0 Å². The zero-order chi connectivity index (χ0) is 17.4. The molecule has 0 aliphatic heterocycles. The van der Waals surface area contributed by atoms with E-state index in [0.29, 0.717) is 24.3 Å². The first-order chi connectivity index (χ1) is 11.6. The van der Waals surface area contributed by atoms with Crippen LogP contribution in [0, 0.1) is 17.2 Å². The fourth-order valence-electron chi connectivity index (χ4n) is 2.36. The van der Waals surface area contributed by atoms with Crippen molar-refractivity contribution in [1.82, 2.24) is 0 Å². The van der Waals surface area contributed by atoms with Crippen molar-refractivity contribution in [3.05, 3.63) is 60.2 Å². The Morgan fingerprint density at radius 1 is 1.12 bits per heavy atom. The second kappa shape index (κ2) is 8.73. The summed E-state index contributed by atoms with van der Waals surface area (Å²) in [6, 6.07) is 19.2. The molecule has 0 aliphatic carbocycles. The molecular weight excluding hydrogens is 300 g/mol. The molecule has 1 amide bonds. The van der Waals surface area contributed by atoms with E-state index in [-0.39, 0.29) is 12.0 Å². The van der Waals surface area contributed by atoms with E-state index >= 15 is 0 Å². The lowest BCUT2D eigenvalue weighted by Crippen LogP contribution is -2.23. The number of ether oxygens (including phenoxy) is 1. The number of para-hydroxylation sites is 2. The van der Waals surface area contributed by atoms with Crippen molar-refractivity contribution in [2.75, 3.05) is 5.32 Å². The number of nitrogens with zero attached hydrogens (tertiary/aromatic N) is 1. The number of nitrogens with one attached hydrogen (secondary N) is 1. The molecule has 4 heteroatoms. The van der Waals surface area contributed by atoms with E-state index in [1.165, 1.54) is 0 Å². The second-order valence-corrected chi connectivity index (χ2v) is 5.86. The van der Waals surface area contributed by atoms with Crippen LogP contribution in [0.5, 0.6) is 5.75 Å². The minimum atomic E-state index is -0.697. The topological polar surface area (TPSA) is 62.1 Å². The maximum Gasteiger partial charge on any atom is 0.241 e. The lowest BCUT2D eigenvalue weighted by molar-refractivity contribution is -0.118. The standard InChI is InChI=1S/C20H22N2O2/c1-15(2)24-19-11-7-6-10-18(19)22-20(23)17(14-21)13-12-16-8-4-3-5-9-16/h3-11,15,17H,12-13H2,1-2H3,(H,22,23). The molecule has 2 rings (SSSR count). The molecule has 4 nitrogen and oxygen atoms in total. The first-order valence-electron chi connectivity index (χ1n) is 8.10. The Labute approximate surface area is 143 Å². The van der Waals surface area contributed by atoms with Crippen LogP contribution in [-0.2, 0) is 11.2 Å². The SMILES string of the molecule is CC(C)Oc1ccccc1NC(=O)C(C#N)CCc1ccccc1. The summed E-state index contributed by atoms with van der Waals surface area (Å²) in [6.07, 6.45) is 1.18. The minimum absolute atomic E-state index is 0.00731. The van der Waals surface area contributed by atoms with E-state index in [1.54, 1.807) is 12.1 Å². The molecule has 1 atom stereocenters. The molecule has 2 aromatic carbocycles. The summed E-state index contributed by atoms with van der Waals surface area (Å²) in [4.78, 5) is 12.4. The number of anilines is 1. The van der Waals surface area contributed by atoms with Crippen molar-refractivity contribution in [3.63, 3.8) is 0 Å². The van der Waals surface area contributed by atoms with Gasteiger partial charge in [0.1, 0.15) is 11.7 Å². The molecule has 1 unspecified atom stereocenters. The van der Waals surface area contributed by atoms with Gasteiger partial charge in [0.15, 0.2) is 0 Å². The number of nitriles is 1. The van der Waals surface area contributed by atoms with Crippen molar-refractivity contribution in [2.24, 2.45) is 5.92 Å². The van der Waals surface area contributed by atoms with Crippen molar-refractivity contribution >= 4 is 11.6 Å². The Hall–Kier alpha value is -2.80. The lowest BCUT2D eigenvalue weighted by Gasteiger charge is -2.16. The Morgan fingerprint density at radius 2 is 1.79 bits per heavy atom. The van der Waals surface area contributed by atoms with Gasteiger partial charge in [0, 0.05) is 0 Å². The molecule has 0 bridgehead atoms. The third-order valence-electron chi connectivity index (χ3n) is 3.54. The largest absolute Gasteiger partial charge is 0.489 e. The van der Waals surface area contributed by atoms with Crippen molar-refractivity contribution < 1.29 is 9.53 Å². The van der Waals surface area contributed by atoms with Gasteiger partial charge in [0.05, 0.1) is 17.9 Å². The van der Waals surface area contributed by atoms with Crippen LogP contribution >= 0.6 is 0 Å². The van der Waals surface area contributed by atoms with Gasteiger partial charge in [-0.1, -0.05) is 42.5 Å². The highest BCUT2D eigenvalue weighted by Crippen LogP contribution is 2.25. The summed E-state index contributed by atoms with van der Waals surface area (Å²) in [5.41, 5.74) is 1.71. The second-order valence-electron chi connectivity index (χ2n) is 5.86. The van der Waals surface area contributed by atoms with Crippen LogP contribution < -0.4 is 10.1 Å². The first-order valence-corrected chi connectivity index (χ1v) is 8.10. The molecule has 124 valence electrons. The third-order valence-corrected chi connectivity index (χ3v) is 3.54. The Kier molecular flexibility index (Phi) is 6.39. The zero-order valence-corrected chi connectivity index (χ0v) is 14.0. The molecule has 0 saturated heterocycles. The smallest absolute Gasteiger partial charge is 0.241 e. The number of hydrogen-bond donors (Lipinski definition) is 1. The van der Waals surface area contributed by atoms with Crippen molar-refractivity contribution in [1.29, 1.82) is 5.26 Å². The van der Waals surface area contributed by atoms with Gasteiger partial charge in [0.25, 0.3) is 0 Å². The number of hydrogen-bond acceptors (Lipinski definition) is 3. The summed E-state index contributed by atoms with van der Waals surface area (Å²) in [6.45, 7) is 3.85. The average molecular weight is 322 g/mol. The summed E-state index contributed by atoms with van der Waals surface area (Å²) in [5.74, 6) is -0.383. The first kappa shape index (κ1) is 17.6. The van der Waals surface area contributed by atoms with Crippen molar-refractivity contribution in [2.45, 2.75) is 32.8 Å². The Balaban J connectivity index is 2.01. The molecule has 0 aliphatic rings. The van der Waals surface area contributed by atoms with Gasteiger partial charge in [-0.05, 0) is 44.4 Å². The molecule has 1 N–H and O–H groups in total. The van der Waals surface area contributed by atoms with Crippen LogP contribution in [0.15, 0.2) is 54.6 Å². The molecule has 2 aromatic rings. The van der Waals surface area contributed by atoms with Gasteiger partial charge in [0.2, 0.25) is 5.91 Å². The maximum absolute atomic E-state index is 12.4. The van der Waals surface area contributed by atoms with Gasteiger partial charge >= 0.3 is 0 Å². The van der Waals surface area contributed by atoms with Crippen LogP contribution in [0.3, 0.4) is 0 Å².